The number of hydrogen-bond acceptors (Lipinski definition) is 2. The molecule has 1 aliphatic rings. The van der Waals surface area contributed by atoms with Crippen LogP contribution >= 0.6 is 0 Å². The van der Waals surface area contributed by atoms with Crippen molar-refractivity contribution in [2.24, 2.45) is 5.92 Å². The van der Waals surface area contributed by atoms with Crippen LogP contribution in [0.25, 0.3) is 0 Å². The number of nitrogens with one attached hydrogen (secondary N) is 1. The highest BCUT2D eigenvalue weighted by atomic mass is 16.5. The van der Waals surface area contributed by atoms with Crippen LogP contribution in [-0.2, 0) is 0 Å². The molecule has 0 amide bonds. The van der Waals surface area contributed by atoms with Gasteiger partial charge in [0.1, 0.15) is 5.75 Å². The van der Waals surface area contributed by atoms with Gasteiger partial charge < -0.3 is 10.1 Å². The molecule has 0 spiro atoms. The molecular weight excluding hydrogens is 210 g/mol. The van der Waals surface area contributed by atoms with Gasteiger partial charge in [-0.2, -0.15) is 0 Å². The molecule has 17 heavy (non-hydrogen) atoms. The molecule has 2 heteroatoms. The maximum absolute atomic E-state index is 5.51. The summed E-state index contributed by atoms with van der Waals surface area (Å²) in [4.78, 5) is 0. The maximum atomic E-state index is 5.51. The van der Waals surface area contributed by atoms with Gasteiger partial charge in [0.25, 0.3) is 0 Å². The normalized spacial score (nSPS) is 17.6. The Labute approximate surface area is 104 Å². The van der Waals surface area contributed by atoms with Gasteiger partial charge in [-0.15, -0.1) is 0 Å². The van der Waals surface area contributed by atoms with Crippen LogP contribution in [0.15, 0.2) is 18.2 Å². The first-order chi connectivity index (χ1) is 8.26. The summed E-state index contributed by atoms with van der Waals surface area (Å²) in [6.45, 7) is 5.33. The van der Waals surface area contributed by atoms with Crippen molar-refractivity contribution in [3.05, 3.63) is 29.3 Å². The van der Waals surface area contributed by atoms with Gasteiger partial charge in [-0.1, -0.05) is 31.0 Å². The summed E-state index contributed by atoms with van der Waals surface area (Å²) in [7, 11) is 1.76. The third-order valence-corrected chi connectivity index (χ3v) is 3.77. The molecule has 1 aromatic carbocycles. The summed E-state index contributed by atoms with van der Waals surface area (Å²) in [5.41, 5.74) is 2.64. The van der Waals surface area contributed by atoms with E-state index in [1.54, 1.807) is 7.11 Å². The second-order valence-electron chi connectivity index (χ2n) is 4.97. The van der Waals surface area contributed by atoms with E-state index in [1.165, 1.54) is 30.4 Å². The predicted octanol–water partition coefficient (Wildman–Crippen LogP) is 3.45. The minimum Gasteiger partial charge on any atom is -0.496 e. The second-order valence-corrected chi connectivity index (χ2v) is 4.97. The first-order valence-corrected chi connectivity index (χ1v) is 6.64. The zero-order valence-electron chi connectivity index (χ0n) is 11.1. The van der Waals surface area contributed by atoms with E-state index in [9.17, 15) is 0 Å². The van der Waals surface area contributed by atoms with Crippen LogP contribution < -0.4 is 10.1 Å². The topological polar surface area (TPSA) is 21.3 Å². The lowest BCUT2D eigenvalue weighted by Gasteiger charge is -2.35. The minimum atomic E-state index is 0.462. The number of rotatable bonds is 5. The van der Waals surface area contributed by atoms with Crippen molar-refractivity contribution in [2.75, 3.05) is 13.7 Å². The Morgan fingerprint density at radius 1 is 1.41 bits per heavy atom. The van der Waals surface area contributed by atoms with Crippen molar-refractivity contribution < 1.29 is 4.74 Å². The lowest BCUT2D eigenvalue weighted by Crippen LogP contribution is -2.32. The van der Waals surface area contributed by atoms with Gasteiger partial charge in [0.05, 0.1) is 7.11 Å². The van der Waals surface area contributed by atoms with Crippen molar-refractivity contribution >= 4 is 0 Å². The highest BCUT2D eigenvalue weighted by Crippen LogP contribution is 2.40. The zero-order valence-corrected chi connectivity index (χ0v) is 11.1. The van der Waals surface area contributed by atoms with E-state index in [2.05, 4.69) is 37.4 Å². The molecule has 1 aromatic rings. The Balaban J connectivity index is 2.29. The molecule has 1 fully saturated rings. The summed E-state index contributed by atoms with van der Waals surface area (Å²) in [5.74, 6) is 1.80. The Morgan fingerprint density at radius 3 is 2.71 bits per heavy atom. The average molecular weight is 233 g/mol. The van der Waals surface area contributed by atoms with Crippen LogP contribution in [0.4, 0.5) is 0 Å². The molecule has 1 saturated carbocycles. The molecule has 0 aliphatic heterocycles. The van der Waals surface area contributed by atoms with Gasteiger partial charge in [-0.3, -0.25) is 0 Å². The molecule has 1 atom stereocenters. The van der Waals surface area contributed by atoms with Crippen LogP contribution in [-0.4, -0.2) is 13.7 Å². The zero-order chi connectivity index (χ0) is 12.3. The van der Waals surface area contributed by atoms with Crippen LogP contribution in [0.1, 0.15) is 43.4 Å². The summed E-state index contributed by atoms with van der Waals surface area (Å²) in [6, 6.07) is 6.94. The largest absolute Gasteiger partial charge is 0.496 e. The summed E-state index contributed by atoms with van der Waals surface area (Å²) >= 11 is 0. The van der Waals surface area contributed by atoms with Gasteiger partial charge >= 0.3 is 0 Å². The Kier molecular flexibility index (Phi) is 4.06. The van der Waals surface area contributed by atoms with Gasteiger partial charge in [-0.25, -0.2) is 0 Å². The van der Waals surface area contributed by atoms with Crippen molar-refractivity contribution in [3.8, 4) is 5.75 Å². The Bertz CT molecular complexity index is 371. The fraction of sp³-hybridized carbons (Fsp3) is 0.600. The fourth-order valence-electron chi connectivity index (χ4n) is 2.62. The molecule has 1 aliphatic carbocycles. The lowest BCUT2D eigenvalue weighted by molar-refractivity contribution is 0.229. The third kappa shape index (κ3) is 2.63. The highest BCUT2D eigenvalue weighted by molar-refractivity contribution is 5.39. The first-order valence-electron chi connectivity index (χ1n) is 6.64. The summed E-state index contributed by atoms with van der Waals surface area (Å²) in [5, 5.41) is 3.62. The minimum absolute atomic E-state index is 0.462. The third-order valence-electron chi connectivity index (χ3n) is 3.77. The van der Waals surface area contributed by atoms with Crippen LogP contribution in [0.5, 0.6) is 5.75 Å². The highest BCUT2D eigenvalue weighted by Gasteiger charge is 2.29. The van der Waals surface area contributed by atoms with Crippen molar-refractivity contribution in [2.45, 2.75) is 39.2 Å². The molecule has 1 unspecified atom stereocenters. The number of methoxy groups -OCH3 is 1. The molecule has 1 N–H and O–H groups in total. The van der Waals surface area contributed by atoms with Crippen LogP contribution in [0.3, 0.4) is 0 Å². The second kappa shape index (κ2) is 5.54. The number of hydrogen-bond donors (Lipinski definition) is 1. The van der Waals surface area contributed by atoms with E-state index in [1.807, 2.05) is 0 Å². The molecular formula is C15H23NO. The van der Waals surface area contributed by atoms with Gasteiger partial charge in [-0.05, 0) is 38.3 Å². The number of aryl methyl sites for hydroxylation is 1. The summed E-state index contributed by atoms with van der Waals surface area (Å²) < 4.78 is 5.51. The van der Waals surface area contributed by atoms with Crippen molar-refractivity contribution in [1.82, 2.24) is 5.32 Å². The molecule has 0 radical (unpaired) electrons. The van der Waals surface area contributed by atoms with E-state index in [0.717, 1.165) is 18.2 Å². The van der Waals surface area contributed by atoms with Crippen molar-refractivity contribution in [1.29, 1.82) is 0 Å². The molecule has 2 rings (SSSR count). The van der Waals surface area contributed by atoms with Gasteiger partial charge in [0.15, 0.2) is 0 Å². The SMILES string of the molecule is CCNC(c1cc(C)ccc1OC)C1CCC1. The van der Waals surface area contributed by atoms with E-state index >= 15 is 0 Å². The van der Waals surface area contributed by atoms with E-state index < -0.39 is 0 Å². The van der Waals surface area contributed by atoms with Crippen LogP contribution in [0, 0.1) is 12.8 Å². The van der Waals surface area contributed by atoms with Crippen LogP contribution in [0.2, 0.25) is 0 Å². The molecule has 0 heterocycles. The molecule has 0 bridgehead atoms. The van der Waals surface area contributed by atoms with E-state index in [0.29, 0.717) is 6.04 Å². The molecule has 0 saturated heterocycles. The van der Waals surface area contributed by atoms with Gasteiger partial charge in [0, 0.05) is 11.6 Å². The number of benzene rings is 1. The standard InChI is InChI=1S/C15H23NO/c1-4-16-15(12-6-5-7-12)13-10-11(2)8-9-14(13)17-3/h8-10,12,15-16H,4-7H2,1-3H3. The maximum Gasteiger partial charge on any atom is 0.123 e. The predicted molar refractivity (Wildman–Crippen MR) is 71.5 cm³/mol. The van der Waals surface area contributed by atoms with Gasteiger partial charge in [0.2, 0.25) is 0 Å². The fourth-order valence-corrected chi connectivity index (χ4v) is 2.62. The average Bonchev–Trinajstić information content (AvgIpc) is 2.26. The number of ether oxygens (including phenoxy) is 1. The van der Waals surface area contributed by atoms with E-state index in [4.69, 9.17) is 4.74 Å². The smallest absolute Gasteiger partial charge is 0.123 e. The lowest BCUT2D eigenvalue weighted by atomic mass is 9.76. The Hall–Kier alpha value is -1.02. The Morgan fingerprint density at radius 2 is 2.18 bits per heavy atom. The molecule has 2 nitrogen and oxygen atoms in total. The monoisotopic (exact) mass is 233 g/mol. The molecule has 94 valence electrons. The first kappa shape index (κ1) is 12.4. The quantitative estimate of drug-likeness (QED) is 0.841. The van der Waals surface area contributed by atoms with E-state index in [-0.39, 0.29) is 0 Å². The van der Waals surface area contributed by atoms with Crippen molar-refractivity contribution in [3.63, 3.8) is 0 Å². The summed E-state index contributed by atoms with van der Waals surface area (Å²) in [6.07, 6.45) is 4.06. The molecule has 0 aromatic heterocycles.